The highest BCUT2D eigenvalue weighted by molar-refractivity contribution is 5.71. The van der Waals surface area contributed by atoms with Crippen molar-refractivity contribution in [3.05, 3.63) is 0 Å². The lowest BCUT2D eigenvalue weighted by Gasteiger charge is -2.18. The van der Waals surface area contributed by atoms with Crippen LogP contribution in [-0.2, 0) is 28.6 Å². The van der Waals surface area contributed by atoms with Gasteiger partial charge in [0.05, 0.1) is 0 Å². The number of ether oxygens (including phenoxy) is 3. The number of esters is 3. The topological polar surface area (TPSA) is 78.9 Å². The molecule has 0 aliphatic carbocycles. The maximum Gasteiger partial charge on any atom is 0.306 e. The third-order valence-electron chi connectivity index (χ3n) is 12.1. The zero-order valence-corrected chi connectivity index (χ0v) is 40.1. The molecule has 0 aromatic heterocycles. The number of carbonyl (C=O) groups is 3. The molecule has 0 spiro atoms. The van der Waals surface area contributed by atoms with Crippen LogP contribution >= 0.6 is 0 Å². The van der Waals surface area contributed by atoms with E-state index in [0.29, 0.717) is 19.3 Å². The van der Waals surface area contributed by atoms with Crippen LogP contribution in [0.3, 0.4) is 0 Å². The molecule has 0 amide bonds. The first-order chi connectivity index (χ1) is 29.0. The van der Waals surface area contributed by atoms with Crippen LogP contribution in [0.1, 0.15) is 303 Å². The van der Waals surface area contributed by atoms with Gasteiger partial charge in [0.15, 0.2) is 6.10 Å². The molecule has 0 fully saturated rings. The highest BCUT2D eigenvalue weighted by Gasteiger charge is 2.19. The van der Waals surface area contributed by atoms with Crippen LogP contribution in [0.15, 0.2) is 0 Å². The van der Waals surface area contributed by atoms with Crippen LogP contribution in [0, 0.1) is 0 Å². The molecule has 0 aromatic rings. The van der Waals surface area contributed by atoms with Crippen molar-refractivity contribution in [2.75, 3.05) is 13.2 Å². The number of carbonyl (C=O) groups excluding carboxylic acids is 3. The van der Waals surface area contributed by atoms with Gasteiger partial charge in [0.1, 0.15) is 13.2 Å². The predicted octanol–water partition coefficient (Wildman–Crippen LogP) is 17.2. The van der Waals surface area contributed by atoms with Crippen molar-refractivity contribution in [2.24, 2.45) is 0 Å². The number of hydrogen-bond acceptors (Lipinski definition) is 6. The van der Waals surface area contributed by atoms with E-state index < -0.39 is 6.10 Å². The Morgan fingerprint density at radius 1 is 0.271 bits per heavy atom. The van der Waals surface area contributed by atoms with Gasteiger partial charge in [0.25, 0.3) is 0 Å². The average Bonchev–Trinajstić information content (AvgIpc) is 3.23. The standard InChI is InChI=1S/C53H102O6/c1-4-7-10-13-16-19-22-24-26-27-29-32-34-37-40-43-46-52(55)58-49-50(59-53(56)47-44-41-38-35-30-21-18-15-12-9-6-3)48-57-51(54)45-42-39-36-33-31-28-25-23-20-17-14-11-8-5-2/h50H,4-49H2,1-3H3/t50-/m0/s1. The molecule has 0 aliphatic rings. The number of unbranched alkanes of at least 4 members (excludes halogenated alkanes) is 38. The lowest BCUT2D eigenvalue weighted by atomic mass is 10.0. The second kappa shape index (κ2) is 49.1. The van der Waals surface area contributed by atoms with E-state index in [1.54, 1.807) is 0 Å². The Labute approximate surface area is 368 Å². The van der Waals surface area contributed by atoms with Crippen molar-refractivity contribution >= 4 is 17.9 Å². The van der Waals surface area contributed by atoms with E-state index >= 15 is 0 Å². The van der Waals surface area contributed by atoms with Crippen LogP contribution in [0.5, 0.6) is 0 Å². The van der Waals surface area contributed by atoms with Crippen molar-refractivity contribution < 1.29 is 28.6 Å². The molecule has 0 aromatic carbocycles. The molecule has 0 N–H and O–H groups in total. The molecule has 6 heteroatoms. The molecule has 0 saturated carbocycles. The van der Waals surface area contributed by atoms with Crippen LogP contribution in [0.2, 0.25) is 0 Å². The zero-order chi connectivity index (χ0) is 43.0. The van der Waals surface area contributed by atoms with Crippen molar-refractivity contribution in [1.82, 2.24) is 0 Å². The minimum Gasteiger partial charge on any atom is -0.462 e. The summed E-state index contributed by atoms with van der Waals surface area (Å²) in [5.74, 6) is -0.840. The summed E-state index contributed by atoms with van der Waals surface area (Å²) >= 11 is 0. The normalized spacial score (nSPS) is 11.8. The molecule has 6 nitrogen and oxygen atoms in total. The maximum atomic E-state index is 12.8. The van der Waals surface area contributed by atoms with Gasteiger partial charge in [-0.2, -0.15) is 0 Å². The van der Waals surface area contributed by atoms with Gasteiger partial charge in [-0.3, -0.25) is 14.4 Å². The first-order valence-electron chi connectivity index (χ1n) is 26.5. The molecule has 1 atom stereocenters. The largest absolute Gasteiger partial charge is 0.462 e. The molecule has 0 aliphatic heterocycles. The molecule has 350 valence electrons. The summed E-state index contributed by atoms with van der Waals surface area (Å²) in [6, 6.07) is 0. The van der Waals surface area contributed by atoms with E-state index in [9.17, 15) is 14.4 Å². The van der Waals surface area contributed by atoms with Gasteiger partial charge in [-0.15, -0.1) is 0 Å². The Bertz CT molecular complexity index is 874. The number of hydrogen-bond donors (Lipinski definition) is 0. The summed E-state index contributed by atoms with van der Waals surface area (Å²) < 4.78 is 16.8. The Morgan fingerprint density at radius 2 is 0.458 bits per heavy atom. The van der Waals surface area contributed by atoms with Gasteiger partial charge in [-0.1, -0.05) is 265 Å². The monoisotopic (exact) mass is 835 g/mol. The second-order valence-corrected chi connectivity index (χ2v) is 18.2. The first-order valence-corrected chi connectivity index (χ1v) is 26.5. The predicted molar refractivity (Wildman–Crippen MR) is 252 cm³/mol. The van der Waals surface area contributed by atoms with Crippen LogP contribution < -0.4 is 0 Å². The SMILES string of the molecule is CCCCCCCCCCCCCCCCCCC(=O)OC[C@H](COC(=O)CCCCCCCCCCCCCCCC)OC(=O)CCCCCCCCCCCCC. The summed E-state index contributed by atoms with van der Waals surface area (Å²) in [6.07, 6.45) is 52.3. The highest BCUT2D eigenvalue weighted by atomic mass is 16.6. The third-order valence-corrected chi connectivity index (χ3v) is 12.1. The second-order valence-electron chi connectivity index (χ2n) is 18.2. The fourth-order valence-electron chi connectivity index (χ4n) is 8.09. The third kappa shape index (κ3) is 47.3. The highest BCUT2D eigenvalue weighted by Crippen LogP contribution is 2.17. The fraction of sp³-hybridized carbons (Fsp3) is 0.943. The molecular weight excluding hydrogens is 733 g/mol. The summed E-state index contributed by atoms with van der Waals surface area (Å²) in [5, 5.41) is 0. The van der Waals surface area contributed by atoms with E-state index in [2.05, 4.69) is 20.8 Å². The van der Waals surface area contributed by atoms with Gasteiger partial charge in [-0.25, -0.2) is 0 Å². The Kier molecular flexibility index (Phi) is 47.7. The van der Waals surface area contributed by atoms with Crippen molar-refractivity contribution in [3.63, 3.8) is 0 Å². The van der Waals surface area contributed by atoms with E-state index in [1.165, 1.54) is 205 Å². The Hall–Kier alpha value is -1.59. The minimum absolute atomic E-state index is 0.0617. The van der Waals surface area contributed by atoms with Gasteiger partial charge in [-0.05, 0) is 19.3 Å². The van der Waals surface area contributed by atoms with Crippen LogP contribution in [-0.4, -0.2) is 37.2 Å². The van der Waals surface area contributed by atoms with Crippen LogP contribution in [0.25, 0.3) is 0 Å². The van der Waals surface area contributed by atoms with E-state index in [4.69, 9.17) is 14.2 Å². The Morgan fingerprint density at radius 3 is 0.678 bits per heavy atom. The molecule has 59 heavy (non-hydrogen) atoms. The molecule has 0 heterocycles. The van der Waals surface area contributed by atoms with E-state index in [-0.39, 0.29) is 31.1 Å². The molecule has 0 rings (SSSR count). The maximum absolute atomic E-state index is 12.8. The molecule has 0 saturated heterocycles. The van der Waals surface area contributed by atoms with Gasteiger partial charge in [0.2, 0.25) is 0 Å². The van der Waals surface area contributed by atoms with Crippen LogP contribution in [0.4, 0.5) is 0 Å². The lowest BCUT2D eigenvalue weighted by Crippen LogP contribution is -2.30. The summed E-state index contributed by atoms with van der Waals surface area (Å²) in [7, 11) is 0. The van der Waals surface area contributed by atoms with E-state index in [1.807, 2.05) is 0 Å². The summed E-state index contributed by atoms with van der Waals surface area (Å²) in [6.45, 7) is 6.68. The summed E-state index contributed by atoms with van der Waals surface area (Å²) in [5.41, 5.74) is 0. The zero-order valence-electron chi connectivity index (χ0n) is 40.1. The van der Waals surface area contributed by atoms with Gasteiger partial charge in [0, 0.05) is 19.3 Å². The van der Waals surface area contributed by atoms with Crippen molar-refractivity contribution in [1.29, 1.82) is 0 Å². The molecule has 0 bridgehead atoms. The summed E-state index contributed by atoms with van der Waals surface area (Å²) in [4.78, 5) is 37.9. The fourth-order valence-corrected chi connectivity index (χ4v) is 8.09. The minimum atomic E-state index is -0.759. The quantitative estimate of drug-likeness (QED) is 0.0345. The van der Waals surface area contributed by atoms with Crippen molar-refractivity contribution in [2.45, 2.75) is 309 Å². The lowest BCUT2D eigenvalue weighted by molar-refractivity contribution is -0.167. The van der Waals surface area contributed by atoms with E-state index in [0.717, 1.165) is 57.8 Å². The van der Waals surface area contributed by atoms with Gasteiger partial charge < -0.3 is 14.2 Å². The molecular formula is C53H102O6. The van der Waals surface area contributed by atoms with Gasteiger partial charge >= 0.3 is 17.9 Å². The van der Waals surface area contributed by atoms with Crippen molar-refractivity contribution in [3.8, 4) is 0 Å². The smallest absolute Gasteiger partial charge is 0.306 e. The molecule has 0 radical (unpaired) electrons. The molecule has 0 unspecified atom stereocenters. The number of rotatable bonds is 49. The average molecular weight is 835 g/mol. The Balaban J connectivity index is 4.27. The first kappa shape index (κ1) is 57.4.